The molecule has 0 amide bonds. The summed E-state index contributed by atoms with van der Waals surface area (Å²) in [5.74, 6) is -1.08. The highest BCUT2D eigenvalue weighted by molar-refractivity contribution is 5.86. The second kappa shape index (κ2) is 6.75. The topological polar surface area (TPSA) is 0 Å². The number of hydrogen-bond donors (Lipinski definition) is 0. The standard InChI is InChI=1S/C22H23F5/c1-12-5-6-14-10-15(8-7-13(14)9-12)17-11-16-3-2-4-18(23)19(16)21(24)20(17)22(25,26)27/h2-4,11-15H,5-10H2,1H3. The van der Waals surface area contributed by atoms with Crippen molar-refractivity contribution < 1.29 is 22.0 Å². The van der Waals surface area contributed by atoms with Gasteiger partial charge in [0.05, 0.1) is 10.9 Å². The summed E-state index contributed by atoms with van der Waals surface area (Å²) in [5.41, 5.74) is -1.26. The molecule has 0 nitrogen and oxygen atoms in total. The lowest BCUT2D eigenvalue weighted by Crippen LogP contribution is -2.30. The molecule has 146 valence electrons. The fourth-order valence-corrected chi connectivity index (χ4v) is 5.40. The average molecular weight is 382 g/mol. The average Bonchev–Trinajstić information content (AvgIpc) is 2.59. The van der Waals surface area contributed by atoms with Gasteiger partial charge >= 0.3 is 6.18 Å². The van der Waals surface area contributed by atoms with Gasteiger partial charge in [0.2, 0.25) is 0 Å². The number of fused-ring (bicyclic) bond motifs is 2. The van der Waals surface area contributed by atoms with Crippen LogP contribution in [0.1, 0.15) is 62.5 Å². The number of benzene rings is 2. The number of hydrogen-bond acceptors (Lipinski definition) is 0. The van der Waals surface area contributed by atoms with Crippen molar-refractivity contribution in [3.8, 4) is 0 Å². The highest BCUT2D eigenvalue weighted by Gasteiger charge is 2.42. The van der Waals surface area contributed by atoms with Crippen LogP contribution in [0.4, 0.5) is 22.0 Å². The van der Waals surface area contributed by atoms with Crippen LogP contribution in [0.25, 0.3) is 10.8 Å². The van der Waals surface area contributed by atoms with Crippen molar-refractivity contribution in [2.75, 3.05) is 0 Å². The minimum absolute atomic E-state index is 0.00942. The quantitative estimate of drug-likeness (QED) is 0.449. The number of halogens is 5. The van der Waals surface area contributed by atoms with Crippen LogP contribution in [-0.4, -0.2) is 0 Å². The first-order valence-electron chi connectivity index (χ1n) is 9.73. The Bertz CT molecular complexity index is 854. The molecule has 0 aliphatic heterocycles. The molecule has 5 heteroatoms. The second-order valence-corrected chi connectivity index (χ2v) is 8.44. The monoisotopic (exact) mass is 382 g/mol. The van der Waals surface area contributed by atoms with Gasteiger partial charge in [-0.25, -0.2) is 8.78 Å². The third-order valence-electron chi connectivity index (χ3n) is 6.68. The van der Waals surface area contributed by atoms with Gasteiger partial charge in [-0.1, -0.05) is 25.5 Å². The SMILES string of the molecule is CC1CCC2CC(c3cc4cccc(F)c4c(F)c3C(F)(F)F)CCC2C1. The second-order valence-electron chi connectivity index (χ2n) is 8.44. The Balaban J connectivity index is 1.79. The predicted octanol–water partition coefficient (Wildman–Crippen LogP) is 7.46. The lowest BCUT2D eigenvalue weighted by molar-refractivity contribution is -0.140. The summed E-state index contributed by atoms with van der Waals surface area (Å²) in [6.07, 6.45) is 0.637. The minimum Gasteiger partial charge on any atom is -0.206 e. The molecule has 0 aromatic heterocycles. The van der Waals surface area contributed by atoms with E-state index in [-0.39, 0.29) is 16.9 Å². The minimum atomic E-state index is -4.84. The van der Waals surface area contributed by atoms with Gasteiger partial charge in [0, 0.05) is 0 Å². The highest BCUT2D eigenvalue weighted by Crippen LogP contribution is 2.50. The summed E-state index contributed by atoms with van der Waals surface area (Å²) >= 11 is 0. The van der Waals surface area contributed by atoms with Gasteiger partial charge in [-0.3, -0.25) is 0 Å². The summed E-state index contributed by atoms with van der Waals surface area (Å²) < 4.78 is 70.1. The van der Waals surface area contributed by atoms with E-state index in [0.717, 1.165) is 31.7 Å². The van der Waals surface area contributed by atoms with E-state index in [1.807, 2.05) is 0 Å². The lowest BCUT2D eigenvalue weighted by Gasteiger charge is -2.42. The molecule has 4 atom stereocenters. The number of rotatable bonds is 1. The zero-order valence-electron chi connectivity index (χ0n) is 15.3. The molecular formula is C22H23F5. The molecule has 4 unspecified atom stereocenters. The highest BCUT2D eigenvalue weighted by atomic mass is 19.4. The molecule has 2 fully saturated rings. The Kier molecular flexibility index (Phi) is 4.68. The van der Waals surface area contributed by atoms with Crippen LogP contribution < -0.4 is 0 Å². The van der Waals surface area contributed by atoms with E-state index >= 15 is 0 Å². The van der Waals surface area contributed by atoms with E-state index in [2.05, 4.69) is 6.92 Å². The molecule has 2 aromatic carbocycles. The molecule has 2 saturated carbocycles. The van der Waals surface area contributed by atoms with Crippen molar-refractivity contribution in [1.82, 2.24) is 0 Å². The third kappa shape index (κ3) is 3.34. The van der Waals surface area contributed by atoms with Crippen molar-refractivity contribution in [2.24, 2.45) is 17.8 Å². The van der Waals surface area contributed by atoms with E-state index in [9.17, 15) is 22.0 Å². The van der Waals surface area contributed by atoms with E-state index in [1.165, 1.54) is 18.2 Å². The maximum absolute atomic E-state index is 14.9. The molecule has 0 saturated heterocycles. The maximum Gasteiger partial charge on any atom is 0.419 e. The predicted molar refractivity (Wildman–Crippen MR) is 95.5 cm³/mol. The Morgan fingerprint density at radius 2 is 1.63 bits per heavy atom. The molecule has 4 rings (SSSR count). The van der Waals surface area contributed by atoms with Crippen LogP contribution in [0.5, 0.6) is 0 Å². The third-order valence-corrected chi connectivity index (χ3v) is 6.68. The fraction of sp³-hybridized carbons (Fsp3) is 0.545. The Morgan fingerprint density at radius 3 is 2.37 bits per heavy atom. The van der Waals surface area contributed by atoms with E-state index in [4.69, 9.17) is 0 Å². The van der Waals surface area contributed by atoms with Crippen molar-refractivity contribution in [3.63, 3.8) is 0 Å². The zero-order chi connectivity index (χ0) is 19.3. The van der Waals surface area contributed by atoms with E-state index in [1.54, 1.807) is 0 Å². The maximum atomic E-state index is 14.9. The summed E-state index contributed by atoms with van der Waals surface area (Å²) in [5, 5.41) is -0.358. The smallest absolute Gasteiger partial charge is 0.206 e. The molecule has 0 spiro atoms. The summed E-state index contributed by atoms with van der Waals surface area (Å²) in [4.78, 5) is 0. The molecule has 2 aromatic rings. The van der Waals surface area contributed by atoms with Crippen LogP contribution in [0.3, 0.4) is 0 Å². The molecule has 0 bridgehead atoms. The first-order chi connectivity index (χ1) is 12.8. The molecule has 2 aliphatic rings. The van der Waals surface area contributed by atoms with Crippen molar-refractivity contribution in [2.45, 2.75) is 57.5 Å². The molecular weight excluding hydrogens is 359 g/mol. The molecule has 27 heavy (non-hydrogen) atoms. The van der Waals surface area contributed by atoms with Crippen molar-refractivity contribution in [1.29, 1.82) is 0 Å². The zero-order valence-corrected chi connectivity index (χ0v) is 15.3. The van der Waals surface area contributed by atoms with Crippen LogP contribution in [0.15, 0.2) is 24.3 Å². The van der Waals surface area contributed by atoms with E-state index in [0.29, 0.717) is 30.6 Å². The van der Waals surface area contributed by atoms with Crippen LogP contribution in [0, 0.1) is 29.4 Å². The van der Waals surface area contributed by atoms with Gasteiger partial charge in [0.15, 0.2) is 0 Å². The Hall–Kier alpha value is -1.65. The normalized spacial score (nSPS) is 29.0. The van der Waals surface area contributed by atoms with Gasteiger partial charge in [0.1, 0.15) is 11.6 Å². The molecule has 0 heterocycles. The summed E-state index contributed by atoms with van der Waals surface area (Å²) in [7, 11) is 0. The first kappa shape index (κ1) is 18.7. The summed E-state index contributed by atoms with van der Waals surface area (Å²) in [6, 6.07) is 5.27. The summed E-state index contributed by atoms with van der Waals surface area (Å²) in [6.45, 7) is 2.23. The largest absolute Gasteiger partial charge is 0.419 e. The molecule has 0 radical (unpaired) electrons. The van der Waals surface area contributed by atoms with Gasteiger partial charge in [-0.15, -0.1) is 0 Å². The van der Waals surface area contributed by atoms with Crippen LogP contribution in [-0.2, 0) is 6.18 Å². The van der Waals surface area contributed by atoms with Gasteiger partial charge in [0.25, 0.3) is 0 Å². The van der Waals surface area contributed by atoms with Gasteiger partial charge in [-0.05, 0) is 78.9 Å². The fourth-order valence-electron chi connectivity index (χ4n) is 5.40. The first-order valence-corrected chi connectivity index (χ1v) is 9.73. The molecule has 0 N–H and O–H groups in total. The number of alkyl halides is 3. The Labute approximate surface area is 155 Å². The molecule has 2 aliphatic carbocycles. The Morgan fingerprint density at radius 1 is 0.926 bits per heavy atom. The van der Waals surface area contributed by atoms with Crippen molar-refractivity contribution in [3.05, 3.63) is 47.0 Å². The van der Waals surface area contributed by atoms with E-state index < -0.39 is 28.8 Å². The van der Waals surface area contributed by atoms with Gasteiger partial charge < -0.3 is 0 Å². The van der Waals surface area contributed by atoms with Crippen LogP contribution in [0.2, 0.25) is 0 Å². The van der Waals surface area contributed by atoms with Crippen LogP contribution >= 0.6 is 0 Å². The van der Waals surface area contributed by atoms with Crippen molar-refractivity contribution >= 4 is 10.8 Å². The lowest BCUT2D eigenvalue weighted by atomic mass is 9.63. The van der Waals surface area contributed by atoms with Gasteiger partial charge in [-0.2, -0.15) is 13.2 Å².